The zero-order chi connectivity index (χ0) is 21.8. The number of hydrogen-bond donors (Lipinski definition) is 1. The molecule has 0 radical (unpaired) electrons. The van der Waals surface area contributed by atoms with Crippen molar-refractivity contribution in [3.05, 3.63) is 28.8 Å². The summed E-state index contributed by atoms with van der Waals surface area (Å²) in [5, 5.41) is 9.48. The molecule has 2 fully saturated rings. The molecule has 0 aromatic heterocycles. The van der Waals surface area contributed by atoms with Crippen molar-refractivity contribution in [1.29, 1.82) is 0 Å². The number of carbonyl (C=O) groups excluding carboxylic acids is 3. The van der Waals surface area contributed by atoms with Gasteiger partial charge in [-0.3, -0.25) is 14.4 Å². The highest BCUT2D eigenvalue weighted by molar-refractivity contribution is 6.34. The highest BCUT2D eigenvalue weighted by atomic mass is 35.5. The molecule has 2 aliphatic heterocycles. The average molecular weight is 441 g/mol. The molecule has 1 aromatic carbocycles. The van der Waals surface area contributed by atoms with Gasteiger partial charge in [0.2, 0.25) is 6.10 Å². The van der Waals surface area contributed by atoms with Crippen molar-refractivity contribution in [2.24, 2.45) is 0 Å². The fraction of sp³-hybridized carbons (Fsp3) is 0.474. The molecule has 2 atom stereocenters. The third-order valence-electron chi connectivity index (χ3n) is 4.73. The van der Waals surface area contributed by atoms with E-state index in [1.807, 2.05) is 0 Å². The number of amides is 2. The number of ether oxygens (including phenoxy) is 3. The smallest absolute Gasteiger partial charge is 0.348 e. The second-order valence-corrected chi connectivity index (χ2v) is 7.13. The highest BCUT2D eigenvalue weighted by Gasteiger charge is 2.42. The molecular weight excluding hydrogens is 420 g/mol. The first kappa shape index (κ1) is 22.0. The van der Waals surface area contributed by atoms with Gasteiger partial charge >= 0.3 is 11.9 Å². The van der Waals surface area contributed by atoms with Crippen LogP contribution in [0.25, 0.3) is 0 Å². The fourth-order valence-electron chi connectivity index (χ4n) is 3.28. The summed E-state index contributed by atoms with van der Waals surface area (Å²) in [4.78, 5) is 51.1. The number of carbonyl (C=O) groups is 4. The number of nitrogens with zero attached hydrogens (tertiary/aromatic N) is 2. The molecule has 1 N–H and O–H groups in total. The van der Waals surface area contributed by atoms with Crippen LogP contribution in [0.4, 0.5) is 5.69 Å². The van der Waals surface area contributed by atoms with Crippen molar-refractivity contribution in [3.63, 3.8) is 0 Å². The Balaban J connectivity index is 1.80. The van der Waals surface area contributed by atoms with Crippen molar-refractivity contribution in [1.82, 2.24) is 4.90 Å². The Kier molecular flexibility index (Phi) is 6.91. The molecule has 2 aliphatic rings. The first-order valence-corrected chi connectivity index (χ1v) is 9.67. The van der Waals surface area contributed by atoms with Gasteiger partial charge in [-0.1, -0.05) is 11.6 Å². The van der Waals surface area contributed by atoms with Crippen LogP contribution in [0.2, 0.25) is 5.02 Å². The summed E-state index contributed by atoms with van der Waals surface area (Å²) in [5.41, 5.74) is 0.673. The molecule has 162 valence electrons. The van der Waals surface area contributed by atoms with Crippen LogP contribution in [0, 0.1) is 0 Å². The number of benzene rings is 1. The Morgan fingerprint density at radius 2 is 1.90 bits per heavy atom. The monoisotopic (exact) mass is 440 g/mol. The minimum atomic E-state index is -1.77. The zero-order valence-corrected chi connectivity index (χ0v) is 17.0. The summed E-state index contributed by atoms with van der Waals surface area (Å²) in [5.74, 6) is -3.25. The van der Waals surface area contributed by atoms with Crippen LogP contribution in [-0.4, -0.2) is 85.4 Å². The van der Waals surface area contributed by atoms with Gasteiger partial charge in [-0.15, -0.1) is 0 Å². The highest BCUT2D eigenvalue weighted by Crippen LogP contribution is 2.28. The van der Waals surface area contributed by atoms with Crippen LogP contribution in [-0.2, 0) is 28.6 Å². The maximum absolute atomic E-state index is 12.8. The van der Waals surface area contributed by atoms with Gasteiger partial charge in [0, 0.05) is 32.2 Å². The molecule has 0 spiro atoms. The molecule has 0 bridgehead atoms. The van der Waals surface area contributed by atoms with E-state index in [1.165, 1.54) is 17.0 Å². The summed E-state index contributed by atoms with van der Waals surface area (Å²) < 4.78 is 15.3. The van der Waals surface area contributed by atoms with E-state index in [2.05, 4.69) is 0 Å². The number of halogens is 1. The lowest BCUT2D eigenvalue weighted by atomic mass is 10.1. The van der Waals surface area contributed by atoms with E-state index >= 15 is 0 Å². The largest absolute Gasteiger partial charge is 0.478 e. The van der Waals surface area contributed by atoms with Gasteiger partial charge in [-0.2, -0.15) is 0 Å². The van der Waals surface area contributed by atoms with Gasteiger partial charge in [0.1, 0.15) is 0 Å². The predicted molar refractivity (Wildman–Crippen MR) is 103 cm³/mol. The number of rotatable bonds is 5. The lowest BCUT2D eigenvalue weighted by Crippen LogP contribution is -2.55. The quantitative estimate of drug-likeness (QED) is 0.659. The van der Waals surface area contributed by atoms with Crippen molar-refractivity contribution in [2.75, 3.05) is 44.4 Å². The first-order chi connectivity index (χ1) is 14.3. The summed E-state index contributed by atoms with van der Waals surface area (Å²) in [6, 6.07) is 4.55. The average Bonchev–Trinajstić information content (AvgIpc) is 2.72. The second-order valence-electron chi connectivity index (χ2n) is 6.72. The molecule has 2 amide bonds. The van der Waals surface area contributed by atoms with Gasteiger partial charge < -0.3 is 29.1 Å². The van der Waals surface area contributed by atoms with E-state index in [9.17, 15) is 24.3 Å². The SMILES string of the molecule is CC(=O)OC(C(=O)O)C1OCCN(c2ccc(C(=O)N3CCOCC3)c(Cl)c2)C1=O. The Morgan fingerprint density at radius 3 is 2.50 bits per heavy atom. The molecular formula is C19H21ClN2O8. The maximum atomic E-state index is 12.8. The standard InChI is InChI=1S/C19H21ClN2O8/c1-11(23)30-16(19(26)27)15-18(25)22(6-9-29-15)12-2-3-13(14(20)10-12)17(24)21-4-7-28-8-5-21/h2-3,10,15-16H,4-9H2,1H3,(H,26,27). The van der Waals surface area contributed by atoms with E-state index < -0.39 is 30.1 Å². The second kappa shape index (κ2) is 9.41. The van der Waals surface area contributed by atoms with Crippen LogP contribution in [0.5, 0.6) is 0 Å². The summed E-state index contributed by atoms with van der Waals surface area (Å²) >= 11 is 6.32. The number of aliphatic carboxylic acids is 1. The van der Waals surface area contributed by atoms with E-state index in [-0.39, 0.29) is 24.1 Å². The predicted octanol–water partition coefficient (Wildman–Crippen LogP) is 0.560. The molecule has 2 saturated heterocycles. The molecule has 11 heteroatoms. The fourth-order valence-corrected chi connectivity index (χ4v) is 3.54. The molecule has 3 rings (SSSR count). The molecule has 2 unspecified atom stereocenters. The van der Waals surface area contributed by atoms with Gasteiger partial charge in [-0.25, -0.2) is 4.79 Å². The van der Waals surface area contributed by atoms with E-state index in [4.69, 9.17) is 25.8 Å². The molecule has 2 heterocycles. The molecule has 30 heavy (non-hydrogen) atoms. The van der Waals surface area contributed by atoms with Crippen LogP contribution in [0.15, 0.2) is 18.2 Å². The number of carboxylic acid groups (broad SMARTS) is 1. The van der Waals surface area contributed by atoms with Crippen molar-refractivity contribution in [3.8, 4) is 0 Å². The topological polar surface area (TPSA) is 123 Å². The van der Waals surface area contributed by atoms with Crippen molar-refractivity contribution in [2.45, 2.75) is 19.1 Å². The van der Waals surface area contributed by atoms with Crippen LogP contribution < -0.4 is 4.90 Å². The van der Waals surface area contributed by atoms with Gasteiger partial charge in [0.05, 0.1) is 30.4 Å². The van der Waals surface area contributed by atoms with Crippen LogP contribution in [0.3, 0.4) is 0 Å². The van der Waals surface area contributed by atoms with Crippen molar-refractivity contribution >= 4 is 41.0 Å². The first-order valence-electron chi connectivity index (χ1n) is 9.29. The Hall–Kier alpha value is -2.69. The van der Waals surface area contributed by atoms with Gasteiger partial charge in [0.25, 0.3) is 11.8 Å². The third-order valence-corrected chi connectivity index (χ3v) is 5.04. The maximum Gasteiger partial charge on any atom is 0.348 e. The van der Waals surface area contributed by atoms with Crippen LogP contribution in [0.1, 0.15) is 17.3 Å². The third kappa shape index (κ3) is 4.72. The van der Waals surface area contributed by atoms with E-state index in [0.29, 0.717) is 37.6 Å². The normalized spacial score (nSPS) is 20.6. The summed E-state index contributed by atoms with van der Waals surface area (Å²) in [7, 11) is 0. The zero-order valence-electron chi connectivity index (χ0n) is 16.2. The van der Waals surface area contributed by atoms with Crippen molar-refractivity contribution < 1.29 is 38.5 Å². The Morgan fingerprint density at radius 1 is 1.20 bits per heavy atom. The van der Waals surface area contributed by atoms with Gasteiger partial charge in [0.15, 0.2) is 6.10 Å². The van der Waals surface area contributed by atoms with E-state index in [0.717, 1.165) is 6.92 Å². The number of carboxylic acids is 1. The van der Waals surface area contributed by atoms with Gasteiger partial charge in [-0.05, 0) is 18.2 Å². The Labute approximate surface area is 177 Å². The minimum Gasteiger partial charge on any atom is -0.478 e. The number of anilines is 1. The van der Waals surface area contributed by atoms with E-state index in [1.54, 1.807) is 11.0 Å². The number of morpholine rings is 2. The molecule has 10 nitrogen and oxygen atoms in total. The lowest BCUT2D eigenvalue weighted by molar-refractivity contribution is -0.177. The minimum absolute atomic E-state index is 0.0352. The molecule has 0 saturated carbocycles. The number of esters is 1. The summed E-state index contributed by atoms with van der Waals surface area (Å²) in [6.07, 6.45) is -3.26. The number of hydrogen-bond acceptors (Lipinski definition) is 7. The molecule has 1 aromatic rings. The Bertz CT molecular complexity index is 855. The summed E-state index contributed by atoms with van der Waals surface area (Å²) in [6.45, 7) is 3.07. The van der Waals surface area contributed by atoms with Crippen LogP contribution >= 0.6 is 11.6 Å². The lowest BCUT2D eigenvalue weighted by Gasteiger charge is -2.34. The molecule has 0 aliphatic carbocycles.